The van der Waals surface area contributed by atoms with E-state index in [9.17, 15) is 0 Å². The van der Waals surface area contributed by atoms with E-state index in [0.717, 1.165) is 5.56 Å². The molecule has 0 aliphatic rings. The number of isothiocyanates is 1. The van der Waals surface area contributed by atoms with Gasteiger partial charge in [-0.15, -0.1) is 0 Å². The first kappa shape index (κ1) is 10.7. The molecule has 0 bridgehead atoms. The molecule has 1 aromatic carbocycles. The van der Waals surface area contributed by atoms with Crippen molar-refractivity contribution < 1.29 is 0 Å². The van der Waals surface area contributed by atoms with Crippen molar-refractivity contribution in [1.29, 1.82) is 0 Å². The van der Waals surface area contributed by atoms with E-state index in [1.165, 1.54) is 0 Å². The van der Waals surface area contributed by atoms with Gasteiger partial charge in [0.2, 0.25) is 0 Å². The number of aromatic nitrogens is 2. The van der Waals surface area contributed by atoms with E-state index in [1.54, 1.807) is 6.20 Å². The monoisotopic (exact) mass is 229 g/mol. The first-order chi connectivity index (χ1) is 7.90. The van der Waals surface area contributed by atoms with Gasteiger partial charge in [-0.25, -0.2) is 4.99 Å². The van der Waals surface area contributed by atoms with Crippen LogP contribution in [0.4, 0.5) is 0 Å². The fraction of sp³-hybridized carbons (Fsp3) is 0.167. The molecule has 3 nitrogen and oxygen atoms in total. The van der Waals surface area contributed by atoms with Crippen molar-refractivity contribution in [1.82, 2.24) is 9.78 Å². The van der Waals surface area contributed by atoms with Gasteiger partial charge in [-0.1, -0.05) is 30.3 Å². The van der Waals surface area contributed by atoms with Crippen LogP contribution >= 0.6 is 12.2 Å². The molecule has 80 valence electrons. The second-order valence-electron chi connectivity index (χ2n) is 3.37. The van der Waals surface area contributed by atoms with Crippen LogP contribution in [0.3, 0.4) is 0 Å². The molecule has 0 aliphatic heterocycles. The zero-order valence-corrected chi connectivity index (χ0v) is 9.47. The third kappa shape index (κ3) is 2.63. The molecule has 4 heteroatoms. The third-order valence-corrected chi connectivity index (χ3v) is 2.42. The summed E-state index contributed by atoms with van der Waals surface area (Å²) in [4.78, 5) is 4.17. The molecule has 16 heavy (non-hydrogen) atoms. The summed E-state index contributed by atoms with van der Waals surface area (Å²) in [6.07, 6.45) is 3.66. The largest absolute Gasteiger partial charge is 0.270 e. The van der Waals surface area contributed by atoms with E-state index in [2.05, 4.69) is 27.5 Å². The fourth-order valence-electron chi connectivity index (χ4n) is 1.55. The van der Waals surface area contributed by atoms with Gasteiger partial charge < -0.3 is 0 Å². The van der Waals surface area contributed by atoms with Crippen LogP contribution in [0.2, 0.25) is 0 Å². The SMILES string of the molecule is S=C=N[C@H](Cn1cccn1)c1ccccc1. The lowest BCUT2D eigenvalue weighted by Crippen LogP contribution is -2.07. The van der Waals surface area contributed by atoms with E-state index in [0.29, 0.717) is 6.54 Å². The molecule has 0 aliphatic carbocycles. The van der Waals surface area contributed by atoms with Crippen molar-refractivity contribution >= 4 is 17.4 Å². The lowest BCUT2D eigenvalue weighted by atomic mass is 10.1. The molecule has 1 aromatic heterocycles. The maximum absolute atomic E-state index is 4.68. The highest BCUT2D eigenvalue weighted by atomic mass is 32.1. The first-order valence-electron chi connectivity index (χ1n) is 4.99. The smallest absolute Gasteiger partial charge is 0.105 e. The number of thiocarbonyl (C=S) groups is 1. The second-order valence-corrected chi connectivity index (χ2v) is 3.56. The minimum atomic E-state index is -0.0152. The zero-order chi connectivity index (χ0) is 11.2. The molecule has 0 amide bonds. The predicted octanol–water partition coefficient (Wildman–Crippen LogP) is 2.73. The summed E-state index contributed by atoms with van der Waals surface area (Å²) in [5.41, 5.74) is 1.12. The van der Waals surface area contributed by atoms with Gasteiger partial charge in [0, 0.05) is 12.4 Å². The van der Waals surface area contributed by atoms with Gasteiger partial charge in [0.05, 0.1) is 11.7 Å². The molecule has 0 saturated carbocycles. The van der Waals surface area contributed by atoms with Gasteiger partial charge in [0.25, 0.3) is 0 Å². The highest BCUT2D eigenvalue weighted by Gasteiger charge is 2.09. The molecule has 0 radical (unpaired) electrons. The summed E-state index contributed by atoms with van der Waals surface area (Å²) in [5.74, 6) is 0. The highest BCUT2D eigenvalue weighted by Crippen LogP contribution is 2.18. The highest BCUT2D eigenvalue weighted by molar-refractivity contribution is 7.78. The molecule has 0 N–H and O–H groups in total. The normalized spacial score (nSPS) is 11.8. The molecule has 2 aromatic rings. The maximum Gasteiger partial charge on any atom is 0.105 e. The molecule has 2 rings (SSSR count). The third-order valence-electron chi connectivity index (χ3n) is 2.31. The van der Waals surface area contributed by atoms with Crippen LogP contribution in [-0.4, -0.2) is 14.9 Å². The van der Waals surface area contributed by atoms with E-state index in [-0.39, 0.29) is 6.04 Å². The Hall–Kier alpha value is -1.77. The summed E-state index contributed by atoms with van der Waals surface area (Å²) in [7, 11) is 0. The Kier molecular flexibility index (Phi) is 3.59. The average Bonchev–Trinajstić information content (AvgIpc) is 2.83. The van der Waals surface area contributed by atoms with Crippen molar-refractivity contribution in [3.05, 3.63) is 54.4 Å². The van der Waals surface area contributed by atoms with Crippen LogP contribution in [0.15, 0.2) is 53.8 Å². The van der Waals surface area contributed by atoms with E-state index in [1.807, 2.05) is 47.3 Å². The van der Waals surface area contributed by atoms with Crippen LogP contribution in [0.1, 0.15) is 11.6 Å². The fourth-order valence-corrected chi connectivity index (χ4v) is 1.67. The zero-order valence-electron chi connectivity index (χ0n) is 8.65. The molecular weight excluding hydrogens is 218 g/mol. The molecule has 0 fully saturated rings. The summed E-state index contributed by atoms with van der Waals surface area (Å²) < 4.78 is 1.84. The van der Waals surface area contributed by atoms with Gasteiger partial charge in [0.15, 0.2) is 0 Å². The second kappa shape index (κ2) is 5.35. The predicted molar refractivity (Wildman–Crippen MR) is 66.4 cm³/mol. The lowest BCUT2D eigenvalue weighted by Gasteiger charge is -2.11. The Morgan fingerprint density at radius 1 is 1.31 bits per heavy atom. The van der Waals surface area contributed by atoms with E-state index in [4.69, 9.17) is 0 Å². The van der Waals surface area contributed by atoms with E-state index < -0.39 is 0 Å². The molecule has 0 spiro atoms. The van der Waals surface area contributed by atoms with Crippen LogP contribution in [0.5, 0.6) is 0 Å². The van der Waals surface area contributed by atoms with Gasteiger partial charge >= 0.3 is 0 Å². The average molecular weight is 229 g/mol. The molecule has 1 heterocycles. The maximum atomic E-state index is 4.68. The van der Waals surface area contributed by atoms with Crippen LogP contribution in [0.25, 0.3) is 0 Å². The Bertz CT molecular complexity index is 472. The Labute approximate surface area is 99.4 Å². The van der Waals surface area contributed by atoms with Gasteiger partial charge in [-0.05, 0) is 23.8 Å². The number of aliphatic imine (C=N–C) groups is 1. The minimum absolute atomic E-state index is 0.0152. The van der Waals surface area contributed by atoms with Crippen LogP contribution in [0, 0.1) is 0 Å². The molecule has 0 saturated heterocycles. The summed E-state index contributed by atoms with van der Waals surface area (Å²) in [5, 5.41) is 6.60. The number of hydrogen-bond donors (Lipinski definition) is 0. The number of nitrogens with zero attached hydrogens (tertiary/aromatic N) is 3. The van der Waals surface area contributed by atoms with Crippen molar-refractivity contribution in [2.45, 2.75) is 12.6 Å². The van der Waals surface area contributed by atoms with E-state index >= 15 is 0 Å². The number of rotatable bonds is 4. The Balaban J connectivity index is 2.21. The summed E-state index contributed by atoms with van der Waals surface area (Å²) in [6.45, 7) is 0.681. The summed E-state index contributed by atoms with van der Waals surface area (Å²) in [6, 6.07) is 11.9. The topological polar surface area (TPSA) is 30.2 Å². The van der Waals surface area contributed by atoms with Crippen molar-refractivity contribution in [3.8, 4) is 0 Å². The van der Waals surface area contributed by atoms with Crippen LogP contribution in [-0.2, 0) is 6.54 Å². The quantitative estimate of drug-likeness (QED) is 0.596. The van der Waals surface area contributed by atoms with Crippen LogP contribution < -0.4 is 0 Å². The summed E-state index contributed by atoms with van der Waals surface area (Å²) >= 11 is 4.68. The number of benzene rings is 1. The van der Waals surface area contributed by atoms with Crippen molar-refractivity contribution in [3.63, 3.8) is 0 Å². The van der Waals surface area contributed by atoms with Crippen molar-refractivity contribution in [2.24, 2.45) is 4.99 Å². The molecule has 0 unspecified atom stereocenters. The standard InChI is InChI=1S/C12H11N3S/c16-10-13-12(9-15-8-4-7-14-15)11-5-2-1-3-6-11/h1-8,12H,9H2/t12-/m1/s1. The van der Waals surface area contributed by atoms with Crippen molar-refractivity contribution in [2.75, 3.05) is 0 Å². The Morgan fingerprint density at radius 3 is 2.75 bits per heavy atom. The van der Waals surface area contributed by atoms with Gasteiger partial charge in [-0.2, -0.15) is 5.10 Å². The first-order valence-corrected chi connectivity index (χ1v) is 5.40. The molecule has 1 atom stereocenters. The lowest BCUT2D eigenvalue weighted by molar-refractivity contribution is 0.531. The van der Waals surface area contributed by atoms with Gasteiger partial charge in [0.1, 0.15) is 6.04 Å². The van der Waals surface area contributed by atoms with Gasteiger partial charge in [-0.3, -0.25) is 4.68 Å². The molecular formula is C12H11N3S. The minimum Gasteiger partial charge on any atom is -0.270 e. The Morgan fingerprint density at radius 2 is 2.12 bits per heavy atom. The number of hydrogen-bond acceptors (Lipinski definition) is 3.